The fourth-order valence-corrected chi connectivity index (χ4v) is 3.74. The van der Waals surface area contributed by atoms with Crippen molar-refractivity contribution in [2.45, 2.75) is 20.4 Å². The number of nitrogens with zero attached hydrogens (tertiary/aromatic N) is 3. The van der Waals surface area contributed by atoms with Crippen LogP contribution in [0.1, 0.15) is 24.2 Å². The summed E-state index contributed by atoms with van der Waals surface area (Å²) < 4.78 is 29.3. The normalized spacial score (nSPS) is 12.2. The van der Waals surface area contributed by atoms with Gasteiger partial charge in [0.2, 0.25) is 0 Å². The zero-order valence-electron chi connectivity index (χ0n) is 17.1. The molecule has 154 valence electrons. The van der Waals surface area contributed by atoms with Crippen molar-refractivity contribution in [3.8, 4) is 11.1 Å². The van der Waals surface area contributed by atoms with Crippen LogP contribution in [0.4, 0.5) is 0 Å². The molecule has 0 unspecified atom stereocenters. The third-order valence-electron chi connectivity index (χ3n) is 4.65. The number of aromatic nitrogens is 2. The summed E-state index contributed by atoms with van der Waals surface area (Å²) in [5, 5.41) is 0.817. The van der Waals surface area contributed by atoms with Gasteiger partial charge in [-0.05, 0) is 35.2 Å². The van der Waals surface area contributed by atoms with Crippen molar-refractivity contribution in [2.75, 3.05) is 20.6 Å². The molecule has 7 nitrogen and oxygen atoms in total. The summed E-state index contributed by atoms with van der Waals surface area (Å²) >= 11 is 0. The summed E-state index contributed by atoms with van der Waals surface area (Å²) in [5.41, 5.74) is 3.55. The van der Waals surface area contributed by atoms with Gasteiger partial charge in [0.05, 0.1) is 6.54 Å². The van der Waals surface area contributed by atoms with Crippen molar-refractivity contribution in [3.05, 3.63) is 54.5 Å². The highest BCUT2D eigenvalue weighted by atomic mass is 32.2. The fraction of sp³-hybridized carbons (Fsp3) is 0.333. The third-order valence-corrected chi connectivity index (χ3v) is 6.12. The molecule has 0 aliphatic carbocycles. The summed E-state index contributed by atoms with van der Waals surface area (Å²) in [6.07, 6.45) is 5.32. The summed E-state index contributed by atoms with van der Waals surface area (Å²) in [4.78, 5) is 16.9. The van der Waals surface area contributed by atoms with Crippen LogP contribution in [0.15, 0.2) is 48.9 Å². The number of fused-ring (bicyclic) bond motifs is 1. The Morgan fingerprint density at radius 2 is 1.83 bits per heavy atom. The van der Waals surface area contributed by atoms with Crippen LogP contribution < -0.4 is 4.72 Å². The molecule has 8 heteroatoms. The second-order valence-corrected chi connectivity index (χ2v) is 9.56. The molecule has 0 atom stereocenters. The van der Waals surface area contributed by atoms with E-state index in [1.807, 2.05) is 30.5 Å². The SMILES string of the molecule is CC(C)Cn1cc(C(=O)CNS(=O)(=O)N(C)C)c2ccc(-c3ccncc3)cc21. The molecular weight excluding hydrogens is 388 g/mol. The number of pyridine rings is 1. The van der Waals surface area contributed by atoms with Crippen molar-refractivity contribution in [1.29, 1.82) is 0 Å². The van der Waals surface area contributed by atoms with Crippen LogP contribution in [0.3, 0.4) is 0 Å². The van der Waals surface area contributed by atoms with E-state index in [1.54, 1.807) is 12.4 Å². The lowest BCUT2D eigenvalue weighted by Gasteiger charge is -2.11. The van der Waals surface area contributed by atoms with E-state index in [0.29, 0.717) is 11.5 Å². The zero-order valence-corrected chi connectivity index (χ0v) is 17.9. The standard InChI is InChI=1S/C21H26N4O3S/c1-15(2)13-25-14-19(21(26)12-23-29(27,28)24(3)4)18-6-5-17(11-20(18)25)16-7-9-22-10-8-16/h5-11,14-15,23H,12-13H2,1-4H3. The number of carbonyl (C=O) groups excluding carboxylic acids is 1. The number of benzene rings is 1. The second-order valence-electron chi connectivity index (χ2n) is 7.59. The summed E-state index contributed by atoms with van der Waals surface area (Å²) in [6, 6.07) is 9.85. The minimum absolute atomic E-state index is 0.264. The predicted octanol–water partition coefficient (Wildman–Crippen LogP) is 2.94. The Hall–Kier alpha value is -2.55. The third kappa shape index (κ3) is 4.72. The van der Waals surface area contributed by atoms with Gasteiger partial charge in [-0.1, -0.05) is 26.0 Å². The molecule has 1 aromatic carbocycles. The van der Waals surface area contributed by atoms with E-state index in [0.717, 1.165) is 32.9 Å². The van der Waals surface area contributed by atoms with Gasteiger partial charge in [0, 0.05) is 55.7 Å². The molecule has 0 spiro atoms. The maximum Gasteiger partial charge on any atom is 0.279 e. The van der Waals surface area contributed by atoms with Crippen molar-refractivity contribution < 1.29 is 13.2 Å². The maximum atomic E-state index is 12.8. The van der Waals surface area contributed by atoms with Crippen molar-refractivity contribution in [1.82, 2.24) is 18.6 Å². The zero-order chi connectivity index (χ0) is 21.2. The van der Waals surface area contributed by atoms with Gasteiger partial charge in [-0.15, -0.1) is 0 Å². The Morgan fingerprint density at radius 3 is 2.45 bits per heavy atom. The topological polar surface area (TPSA) is 84.3 Å². The van der Waals surface area contributed by atoms with Crippen molar-refractivity contribution in [3.63, 3.8) is 0 Å². The Balaban J connectivity index is 2.00. The van der Waals surface area contributed by atoms with E-state index in [-0.39, 0.29) is 12.3 Å². The molecule has 29 heavy (non-hydrogen) atoms. The number of Topliss-reactive ketones (excluding diaryl/α,β-unsaturated/α-hetero) is 1. The fourth-order valence-electron chi connectivity index (χ4n) is 3.16. The molecule has 1 N–H and O–H groups in total. The molecule has 0 aliphatic rings. The number of rotatable bonds is 8. The first-order valence-corrected chi connectivity index (χ1v) is 10.9. The van der Waals surface area contributed by atoms with E-state index in [1.165, 1.54) is 14.1 Å². The lowest BCUT2D eigenvalue weighted by molar-refractivity contribution is 0.0998. The molecule has 0 fully saturated rings. The molecular formula is C21H26N4O3S. The first kappa shape index (κ1) is 21.2. The van der Waals surface area contributed by atoms with Crippen LogP contribution in [-0.2, 0) is 16.8 Å². The van der Waals surface area contributed by atoms with E-state index in [2.05, 4.69) is 34.2 Å². The Kier molecular flexibility index (Phi) is 6.16. The van der Waals surface area contributed by atoms with Gasteiger partial charge in [-0.25, -0.2) is 0 Å². The van der Waals surface area contributed by atoms with Gasteiger partial charge in [0.25, 0.3) is 10.2 Å². The van der Waals surface area contributed by atoms with E-state index in [4.69, 9.17) is 0 Å². The number of hydrogen-bond acceptors (Lipinski definition) is 4. The van der Waals surface area contributed by atoms with Crippen LogP contribution in [-0.4, -0.2) is 48.7 Å². The van der Waals surface area contributed by atoms with Crippen molar-refractivity contribution in [2.24, 2.45) is 5.92 Å². The summed E-state index contributed by atoms with van der Waals surface area (Å²) in [7, 11) is -0.822. The summed E-state index contributed by atoms with van der Waals surface area (Å²) in [6.45, 7) is 4.71. The number of nitrogens with one attached hydrogen (secondary N) is 1. The average Bonchev–Trinajstić information content (AvgIpc) is 3.04. The largest absolute Gasteiger partial charge is 0.346 e. The Morgan fingerprint density at radius 1 is 1.14 bits per heavy atom. The van der Waals surface area contributed by atoms with Crippen LogP contribution in [0.5, 0.6) is 0 Å². The van der Waals surface area contributed by atoms with Gasteiger partial charge >= 0.3 is 0 Å². The highest BCUT2D eigenvalue weighted by Crippen LogP contribution is 2.28. The van der Waals surface area contributed by atoms with Crippen LogP contribution >= 0.6 is 0 Å². The second kappa shape index (κ2) is 8.44. The molecule has 0 saturated carbocycles. The highest BCUT2D eigenvalue weighted by Gasteiger charge is 2.20. The smallest absolute Gasteiger partial charge is 0.279 e. The van der Waals surface area contributed by atoms with Gasteiger partial charge in [-0.3, -0.25) is 9.78 Å². The first-order chi connectivity index (χ1) is 13.7. The van der Waals surface area contributed by atoms with Gasteiger partial charge < -0.3 is 4.57 Å². The van der Waals surface area contributed by atoms with Crippen LogP contribution in [0.25, 0.3) is 22.0 Å². The minimum Gasteiger partial charge on any atom is -0.346 e. The van der Waals surface area contributed by atoms with E-state index < -0.39 is 10.2 Å². The van der Waals surface area contributed by atoms with Gasteiger partial charge in [0.1, 0.15) is 0 Å². The van der Waals surface area contributed by atoms with Gasteiger partial charge in [0.15, 0.2) is 5.78 Å². The molecule has 3 aromatic rings. The Bertz CT molecular complexity index is 1120. The van der Waals surface area contributed by atoms with Crippen LogP contribution in [0, 0.1) is 5.92 Å². The lowest BCUT2D eigenvalue weighted by Crippen LogP contribution is -2.38. The molecule has 0 saturated heterocycles. The predicted molar refractivity (Wildman–Crippen MR) is 115 cm³/mol. The minimum atomic E-state index is -3.66. The van der Waals surface area contributed by atoms with Crippen LogP contribution in [0.2, 0.25) is 0 Å². The molecule has 0 radical (unpaired) electrons. The molecule has 2 aromatic heterocycles. The Labute approximate surface area is 171 Å². The summed E-state index contributed by atoms with van der Waals surface area (Å²) in [5.74, 6) is 0.130. The number of carbonyl (C=O) groups is 1. The molecule has 0 amide bonds. The average molecular weight is 415 g/mol. The van der Waals surface area contributed by atoms with Gasteiger partial charge in [-0.2, -0.15) is 17.4 Å². The maximum absolute atomic E-state index is 12.8. The van der Waals surface area contributed by atoms with Crippen molar-refractivity contribution >= 4 is 26.9 Å². The first-order valence-electron chi connectivity index (χ1n) is 9.42. The molecule has 0 aliphatic heterocycles. The monoisotopic (exact) mass is 414 g/mol. The quantitative estimate of drug-likeness (QED) is 0.575. The lowest BCUT2D eigenvalue weighted by atomic mass is 10.0. The number of ketones is 1. The van der Waals surface area contributed by atoms with E-state index >= 15 is 0 Å². The highest BCUT2D eigenvalue weighted by molar-refractivity contribution is 7.87. The molecule has 2 heterocycles. The molecule has 3 rings (SSSR count). The molecule has 0 bridgehead atoms. The van der Waals surface area contributed by atoms with E-state index in [9.17, 15) is 13.2 Å². The number of hydrogen-bond donors (Lipinski definition) is 1.